The zero-order valence-electron chi connectivity index (χ0n) is 10.8. The van der Waals surface area contributed by atoms with Crippen LogP contribution in [0.1, 0.15) is 30.6 Å². The summed E-state index contributed by atoms with van der Waals surface area (Å²) in [5.41, 5.74) is 0.275. The van der Waals surface area contributed by atoms with Crippen molar-refractivity contribution in [2.24, 2.45) is 5.92 Å². The molecule has 0 saturated carbocycles. The average molecular weight is 265 g/mol. The molecular weight excluding hydrogens is 250 g/mol. The van der Waals surface area contributed by atoms with Gasteiger partial charge in [0.2, 0.25) is 0 Å². The predicted molar refractivity (Wildman–Crippen MR) is 67.8 cm³/mol. The van der Waals surface area contributed by atoms with Crippen LogP contribution in [0.4, 0.5) is 5.69 Å². The molecule has 0 radical (unpaired) electrons. The lowest BCUT2D eigenvalue weighted by molar-refractivity contribution is -0.384. The molecule has 0 aliphatic rings. The van der Waals surface area contributed by atoms with Crippen LogP contribution >= 0.6 is 0 Å². The largest absolute Gasteiger partial charge is 0.466 e. The lowest BCUT2D eigenvalue weighted by atomic mass is 9.96. The molecule has 1 rings (SSSR count). The zero-order valence-corrected chi connectivity index (χ0v) is 10.8. The minimum Gasteiger partial charge on any atom is -0.466 e. The minimum atomic E-state index is -0.531. The van der Waals surface area contributed by atoms with E-state index in [0.717, 1.165) is 0 Å². The summed E-state index contributed by atoms with van der Waals surface area (Å²) in [6, 6.07) is 5.32. The second-order valence-electron chi connectivity index (χ2n) is 4.08. The minimum absolute atomic E-state index is 0.00363. The maximum Gasteiger partial charge on any atom is 0.306 e. The summed E-state index contributed by atoms with van der Waals surface area (Å²) in [6.45, 7) is 3.60. The number of carbonyl (C=O) groups excluding carboxylic acids is 2. The third-order valence-corrected chi connectivity index (χ3v) is 2.59. The number of nitro benzene ring substituents is 1. The van der Waals surface area contributed by atoms with Crippen molar-refractivity contribution in [1.82, 2.24) is 0 Å². The van der Waals surface area contributed by atoms with Gasteiger partial charge in [-0.3, -0.25) is 19.7 Å². The van der Waals surface area contributed by atoms with Gasteiger partial charge in [0.05, 0.1) is 18.0 Å². The molecule has 0 unspecified atom stereocenters. The van der Waals surface area contributed by atoms with Crippen LogP contribution < -0.4 is 0 Å². The second kappa shape index (κ2) is 6.63. The van der Waals surface area contributed by atoms with Crippen molar-refractivity contribution < 1.29 is 19.2 Å². The lowest BCUT2D eigenvalue weighted by Crippen LogP contribution is -2.17. The Balaban J connectivity index is 2.71. The number of nitro groups is 1. The van der Waals surface area contributed by atoms with Crippen LogP contribution in [0.25, 0.3) is 0 Å². The van der Waals surface area contributed by atoms with E-state index in [9.17, 15) is 19.7 Å². The summed E-state index contributed by atoms with van der Waals surface area (Å²) < 4.78 is 4.77. The van der Waals surface area contributed by atoms with Gasteiger partial charge in [0, 0.05) is 23.6 Å². The van der Waals surface area contributed by atoms with E-state index >= 15 is 0 Å². The number of carbonyl (C=O) groups is 2. The maximum absolute atomic E-state index is 12.0. The summed E-state index contributed by atoms with van der Waals surface area (Å²) >= 11 is 0. The summed E-state index contributed by atoms with van der Waals surface area (Å²) in [5, 5.41) is 10.5. The van der Waals surface area contributed by atoms with E-state index in [1.165, 1.54) is 24.3 Å². The van der Waals surface area contributed by atoms with Gasteiger partial charge in [0.25, 0.3) is 5.69 Å². The summed E-state index contributed by atoms with van der Waals surface area (Å²) in [4.78, 5) is 33.2. The molecule has 0 aliphatic carbocycles. The Morgan fingerprint density at radius 1 is 1.32 bits per heavy atom. The average Bonchev–Trinajstić information content (AvgIpc) is 2.38. The van der Waals surface area contributed by atoms with E-state index in [2.05, 4.69) is 0 Å². The third-order valence-electron chi connectivity index (χ3n) is 2.59. The summed E-state index contributed by atoms with van der Waals surface area (Å²) in [6.07, 6.45) is 0.00363. The highest BCUT2D eigenvalue weighted by atomic mass is 16.6. The molecule has 6 heteroatoms. The summed E-state index contributed by atoms with van der Waals surface area (Å²) in [5.74, 6) is -1.17. The van der Waals surface area contributed by atoms with Gasteiger partial charge in [0.15, 0.2) is 5.78 Å². The first-order chi connectivity index (χ1) is 8.95. The molecule has 0 heterocycles. The maximum atomic E-state index is 12.0. The van der Waals surface area contributed by atoms with Crippen LogP contribution in [0.3, 0.4) is 0 Å². The highest BCUT2D eigenvalue weighted by Gasteiger charge is 2.19. The highest BCUT2D eigenvalue weighted by Crippen LogP contribution is 2.17. The van der Waals surface area contributed by atoms with Crippen molar-refractivity contribution in [2.75, 3.05) is 6.61 Å². The molecule has 0 N–H and O–H groups in total. The molecule has 0 fully saturated rings. The Labute approximate surface area is 110 Å². The number of hydrogen-bond donors (Lipinski definition) is 0. The molecular formula is C13H15NO5. The Hall–Kier alpha value is -2.24. The van der Waals surface area contributed by atoms with Crippen molar-refractivity contribution in [2.45, 2.75) is 20.3 Å². The van der Waals surface area contributed by atoms with Crippen LogP contribution in [0, 0.1) is 16.0 Å². The van der Waals surface area contributed by atoms with Crippen molar-refractivity contribution in [3.8, 4) is 0 Å². The number of Topliss-reactive ketones (excluding diaryl/α,β-unsaturated/α-hetero) is 1. The lowest BCUT2D eigenvalue weighted by Gasteiger charge is -2.09. The number of non-ortho nitro benzene ring substituents is 1. The Morgan fingerprint density at radius 2 is 1.89 bits per heavy atom. The van der Waals surface area contributed by atoms with Crippen LogP contribution in [0.2, 0.25) is 0 Å². The molecule has 0 amide bonds. The molecule has 1 atom stereocenters. The summed E-state index contributed by atoms with van der Waals surface area (Å²) in [7, 11) is 0. The SMILES string of the molecule is CCOC(=O)C[C@H](C)C(=O)c1ccc([N+](=O)[O-])cc1. The van der Waals surface area contributed by atoms with Crippen LogP contribution in [-0.4, -0.2) is 23.3 Å². The second-order valence-corrected chi connectivity index (χ2v) is 4.08. The van der Waals surface area contributed by atoms with Gasteiger partial charge in [-0.15, -0.1) is 0 Å². The fourth-order valence-corrected chi connectivity index (χ4v) is 1.59. The van der Waals surface area contributed by atoms with Crippen LogP contribution in [0.15, 0.2) is 24.3 Å². The smallest absolute Gasteiger partial charge is 0.306 e. The first kappa shape index (κ1) is 14.8. The Bertz CT molecular complexity index is 480. The number of ketones is 1. The molecule has 0 bridgehead atoms. The number of esters is 1. The van der Waals surface area contributed by atoms with E-state index in [1.807, 2.05) is 0 Å². The van der Waals surface area contributed by atoms with E-state index in [0.29, 0.717) is 5.56 Å². The molecule has 0 aliphatic heterocycles. The van der Waals surface area contributed by atoms with E-state index in [1.54, 1.807) is 13.8 Å². The molecule has 1 aromatic rings. The normalized spacial score (nSPS) is 11.7. The third kappa shape index (κ3) is 4.17. The van der Waals surface area contributed by atoms with Gasteiger partial charge < -0.3 is 4.74 Å². The Kier molecular flexibility index (Phi) is 5.17. The zero-order chi connectivity index (χ0) is 14.4. The first-order valence-corrected chi connectivity index (χ1v) is 5.90. The predicted octanol–water partition coefficient (Wildman–Crippen LogP) is 2.37. The van der Waals surface area contributed by atoms with Crippen molar-refractivity contribution in [3.63, 3.8) is 0 Å². The Morgan fingerprint density at radius 3 is 2.37 bits per heavy atom. The van der Waals surface area contributed by atoms with E-state index in [4.69, 9.17) is 4.74 Å². The number of rotatable bonds is 6. The quantitative estimate of drug-likeness (QED) is 0.341. The first-order valence-electron chi connectivity index (χ1n) is 5.90. The molecule has 19 heavy (non-hydrogen) atoms. The highest BCUT2D eigenvalue weighted by molar-refractivity contribution is 5.99. The number of benzene rings is 1. The van der Waals surface area contributed by atoms with Crippen LogP contribution in [0.5, 0.6) is 0 Å². The van der Waals surface area contributed by atoms with Crippen molar-refractivity contribution in [3.05, 3.63) is 39.9 Å². The molecule has 102 valence electrons. The van der Waals surface area contributed by atoms with Gasteiger partial charge >= 0.3 is 5.97 Å². The molecule has 6 nitrogen and oxygen atoms in total. The topological polar surface area (TPSA) is 86.5 Å². The monoisotopic (exact) mass is 265 g/mol. The van der Waals surface area contributed by atoms with Gasteiger partial charge in [-0.1, -0.05) is 6.92 Å². The fourth-order valence-electron chi connectivity index (χ4n) is 1.59. The molecule has 0 aromatic heterocycles. The molecule has 0 saturated heterocycles. The fraction of sp³-hybridized carbons (Fsp3) is 0.385. The number of nitrogens with zero attached hydrogens (tertiary/aromatic N) is 1. The standard InChI is InChI=1S/C13H15NO5/c1-3-19-12(15)8-9(2)13(16)10-4-6-11(7-5-10)14(17)18/h4-7,9H,3,8H2,1-2H3/t9-/m0/s1. The van der Waals surface area contributed by atoms with Crippen LogP contribution in [-0.2, 0) is 9.53 Å². The van der Waals surface area contributed by atoms with Gasteiger partial charge in [-0.2, -0.15) is 0 Å². The van der Waals surface area contributed by atoms with Crippen molar-refractivity contribution >= 4 is 17.4 Å². The number of hydrogen-bond acceptors (Lipinski definition) is 5. The number of ether oxygens (including phenoxy) is 1. The molecule has 0 spiro atoms. The van der Waals surface area contributed by atoms with E-state index < -0.39 is 16.8 Å². The molecule has 1 aromatic carbocycles. The van der Waals surface area contributed by atoms with Gasteiger partial charge in [0.1, 0.15) is 0 Å². The van der Waals surface area contributed by atoms with E-state index in [-0.39, 0.29) is 24.5 Å². The van der Waals surface area contributed by atoms with Gasteiger partial charge in [-0.25, -0.2) is 0 Å². The van der Waals surface area contributed by atoms with Crippen molar-refractivity contribution in [1.29, 1.82) is 0 Å². The van der Waals surface area contributed by atoms with Gasteiger partial charge in [-0.05, 0) is 19.1 Å².